The fourth-order valence-corrected chi connectivity index (χ4v) is 4.24. The number of hydrogen-bond acceptors (Lipinski definition) is 6. The van der Waals surface area contributed by atoms with E-state index < -0.39 is 0 Å². The van der Waals surface area contributed by atoms with Gasteiger partial charge in [0.2, 0.25) is 5.91 Å². The van der Waals surface area contributed by atoms with E-state index >= 15 is 0 Å². The van der Waals surface area contributed by atoms with Crippen molar-refractivity contribution in [2.45, 2.75) is 38.6 Å². The van der Waals surface area contributed by atoms with Crippen LogP contribution in [0.3, 0.4) is 0 Å². The number of aromatic nitrogens is 2. The van der Waals surface area contributed by atoms with Gasteiger partial charge in [-0.3, -0.25) is 4.79 Å². The van der Waals surface area contributed by atoms with Gasteiger partial charge in [0, 0.05) is 35.5 Å². The molecule has 134 valence electrons. The number of carbonyl (C=O) groups is 1. The van der Waals surface area contributed by atoms with Gasteiger partial charge >= 0.3 is 0 Å². The quantitative estimate of drug-likeness (QED) is 0.392. The second-order valence-electron chi connectivity index (χ2n) is 5.34. The normalized spacial score (nSPS) is 10.6. The molecule has 0 radical (unpaired) electrons. The molecule has 0 saturated heterocycles. The maximum atomic E-state index is 11.8. The molecule has 2 N–H and O–H groups in total. The molecule has 0 saturated carbocycles. The molecule has 0 fully saturated rings. The number of carbonyl (C=O) groups excluding carboxylic acids is 1. The van der Waals surface area contributed by atoms with E-state index in [0.717, 1.165) is 40.5 Å². The summed E-state index contributed by atoms with van der Waals surface area (Å²) in [5, 5.41) is 8.32. The Balaban J connectivity index is 0.00000288. The molecule has 0 aliphatic carbocycles. The van der Waals surface area contributed by atoms with Gasteiger partial charge in [-0.15, -0.1) is 35.5 Å². The van der Waals surface area contributed by atoms with Crippen LogP contribution in [0.15, 0.2) is 11.4 Å². The van der Waals surface area contributed by atoms with Crippen molar-refractivity contribution in [1.29, 1.82) is 0 Å². The summed E-state index contributed by atoms with van der Waals surface area (Å²) >= 11 is 3.33. The van der Waals surface area contributed by atoms with E-state index in [2.05, 4.69) is 41.4 Å². The summed E-state index contributed by atoms with van der Waals surface area (Å²) in [5.74, 6) is 0.827. The second kappa shape index (κ2) is 10.9. The van der Waals surface area contributed by atoms with Crippen LogP contribution < -0.4 is 10.6 Å². The summed E-state index contributed by atoms with van der Waals surface area (Å²) in [5.41, 5.74) is 1.25. The van der Waals surface area contributed by atoms with Gasteiger partial charge in [0.05, 0.1) is 0 Å². The lowest BCUT2D eigenvalue weighted by atomic mass is 10.2. The Morgan fingerprint density at radius 3 is 2.79 bits per heavy atom. The maximum absolute atomic E-state index is 11.8. The molecule has 0 aliphatic rings. The highest BCUT2D eigenvalue weighted by molar-refractivity contribution is 7.99. The summed E-state index contributed by atoms with van der Waals surface area (Å²) in [7, 11) is 0. The minimum atomic E-state index is 0. The summed E-state index contributed by atoms with van der Waals surface area (Å²) in [6.45, 7) is 8.85. The maximum Gasteiger partial charge on any atom is 0.220 e. The molecule has 8 heteroatoms. The van der Waals surface area contributed by atoms with Gasteiger partial charge in [0.25, 0.3) is 0 Å². The van der Waals surface area contributed by atoms with E-state index in [1.165, 1.54) is 10.4 Å². The van der Waals surface area contributed by atoms with E-state index in [9.17, 15) is 4.79 Å². The van der Waals surface area contributed by atoms with E-state index in [4.69, 9.17) is 0 Å². The SMILES string of the molecule is CCCNCCNC(=O)CCSc1ncnc2sc(C)c(C)c12.Cl. The Morgan fingerprint density at radius 1 is 1.25 bits per heavy atom. The molecule has 0 aliphatic heterocycles. The van der Waals surface area contributed by atoms with Crippen LogP contribution in [0.5, 0.6) is 0 Å². The van der Waals surface area contributed by atoms with Gasteiger partial charge in [0.15, 0.2) is 0 Å². The molecule has 0 atom stereocenters. The van der Waals surface area contributed by atoms with Crippen molar-refractivity contribution < 1.29 is 4.79 Å². The Hall–Kier alpha value is -0.890. The van der Waals surface area contributed by atoms with Crippen LogP contribution in [-0.2, 0) is 4.79 Å². The first kappa shape index (κ1) is 21.2. The highest BCUT2D eigenvalue weighted by Crippen LogP contribution is 2.34. The van der Waals surface area contributed by atoms with E-state index in [1.54, 1.807) is 29.4 Å². The highest BCUT2D eigenvalue weighted by atomic mass is 35.5. The molecule has 2 rings (SSSR count). The Bertz CT molecular complexity index is 663. The number of nitrogens with zero attached hydrogens (tertiary/aromatic N) is 2. The standard InChI is InChI=1S/C16H24N4OS2.ClH/c1-4-6-17-7-8-18-13(21)5-9-22-15-14-11(2)12(3)23-16(14)20-10-19-15;/h10,17H,4-9H2,1-3H3,(H,18,21);1H. The Labute approximate surface area is 157 Å². The van der Waals surface area contributed by atoms with Gasteiger partial charge in [-0.05, 0) is 32.4 Å². The lowest BCUT2D eigenvalue weighted by molar-refractivity contribution is -0.120. The van der Waals surface area contributed by atoms with Gasteiger partial charge in [-0.1, -0.05) is 6.92 Å². The summed E-state index contributed by atoms with van der Waals surface area (Å²) < 4.78 is 0. The monoisotopic (exact) mass is 388 g/mol. The topological polar surface area (TPSA) is 66.9 Å². The summed E-state index contributed by atoms with van der Waals surface area (Å²) in [6.07, 6.45) is 3.23. The Morgan fingerprint density at radius 2 is 2.04 bits per heavy atom. The number of nitrogens with one attached hydrogen (secondary N) is 2. The largest absolute Gasteiger partial charge is 0.355 e. The van der Waals surface area contributed by atoms with Gasteiger partial charge in [-0.2, -0.15) is 0 Å². The average Bonchev–Trinajstić information content (AvgIpc) is 2.83. The first-order valence-corrected chi connectivity index (χ1v) is 9.74. The lowest BCUT2D eigenvalue weighted by Gasteiger charge is -2.06. The number of hydrogen-bond donors (Lipinski definition) is 2. The molecule has 2 aromatic rings. The zero-order valence-electron chi connectivity index (χ0n) is 14.3. The number of fused-ring (bicyclic) bond motifs is 1. The van der Waals surface area contributed by atoms with Crippen molar-refractivity contribution in [2.24, 2.45) is 0 Å². The molecule has 5 nitrogen and oxygen atoms in total. The number of halogens is 1. The van der Waals surface area contributed by atoms with E-state index in [1.807, 2.05) is 0 Å². The molecular formula is C16H25ClN4OS2. The number of thioether (sulfide) groups is 1. The van der Waals surface area contributed by atoms with E-state index in [-0.39, 0.29) is 18.3 Å². The van der Waals surface area contributed by atoms with Crippen LogP contribution in [0.25, 0.3) is 10.2 Å². The van der Waals surface area contributed by atoms with Crippen molar-refractivity contribution in [1.82, 2.24) is 20.6 Å². The van der Waals surface area contributed by atoms with Crippen LogP contribution in [0.1, 0.15) is 30.2 Å². The average molecular weight is 389 g/mol. The van der Waals surface area contributed by atoms with Crippen LogP contribution in [0, 0.1) is 13.8 Å². The van der Waals surface area contributed by atoms with Crippen molar-refractivity contribution in [3.05, 3.63) is 16.8 Å². The molecule has 0 unspecified atom stereocenters. The van der Waals surface area contributed by atoms with Crippen molar-refractivity contribution in [3.63, 3.8) is 0 Å². The first-order chi connectivity index (χ1) is 11.1. The fraction of sp³-hybridized carbons (Fsp3) is 0.562. The lowest BCUT2D eigenvalue weighted by Crippen LogP contribution is -2.32. The predicted molar refractivity (Wildman–Crippen MR) is 106 cm³/mol. The Kier molecular flexibility index (Phi) is 9.58. The third-order valence-corrected chi connectivity index (χ3v) is 5.66. The van der Waals surface area contributed by atoms with Crippen LogP contribution in [-0.4, -0.2) is 41.3 Å². The zero-order valence-corrected chi connectivity index (χ0v) is 16.8. The smallest absolute Gasteiger partial charge is 0.220 e. The molecule has 24 heavy (non-hydrogen) atoms. The molecule has 0 aromatic carbocycles. The van der Waals surface area contributed by atoms with Crippen LogP contribution in [0.4, 0.5) is 0 Å². The van der Waals surface area contributed by atoms with E-state index in [0.29, 0.717) is 13.0 Å². The number of rotatable bonds is 9. The van der Waals surface area contributed by atoms with Gasteiger partial charge in [0.1, 0.15) is 16.2 Å². The van der Waals surface area contributed by atoms with Crippen LogP contribution >= 0.6 is 35.5 Å². The third kappa shape index (κ3) is 5.88. The molecule has 2 aromatic heterocycles. The minimum Gasteiger partial charge on any atom is -0.355 e. The third-order valence-electron chi connectivity index (χ3n) is 3.55. The van der Waals surface area contributed by atoms with Gasteiger partial charge in [-0.25, -0.2) is 9.97 Å². The molecule has 2 heterocycles. The molecular weight excluding hydrogens is 364 g/mol. The highest BCUT2D eigenvalue weighted by Gasteiger charge is 2.12. The molecule has 0 bridgehead atoms. The predicted octanol–water partition coefficient (Wildman–Crippen LogP) is 3.33. The van der Waals surface area contributed by atoms with Crippen molar-refractivity contribution >= 4 is 51.6 Å². The van der Waals surface area contributed by atoms with Crippen molar-refractivity contribution in [3.8, 4) is 0 Å². The van der Waals surface area contributed by atoms with Crippen molar-refractivity contribution in [2.75, 3.05) is 25.4 Å². The summed E-state index contributed by atoms with van der Waals surface area (Å²) in [4.78, 5) is 22.9. The molecule has 0 spiro atoms. The number of thiophene rings is 1. The minimum absolute atomic E-state index is 0. The number of amides is 1. The summed E-state index contributed by atoms with van der Waals surface area (Å²) in [6, 6.07) is 0. The fourth-order valence-electron chi connectivity index (χ4n) is 2.18. The zero-order chi connectivity index (χ0) is 16.7. The molecule has 1 amide bonds. The van der Waals surface area contributed by atoms with Crippen LogP contribution in [0.2, 0.25) is 0 Å². The second-order valence-corrected chi connectivity index (χ2v) is 7.63. The first-order valence-electron chi connectivity index (χ1n) is 7.94. The van der Waals surface area contributed by atoms with Gasteiger partial charge < -0.3 is 10.6 Å². The number of aryl methyl sites for hydroxylation is 2.